The van der Waals surface area contributed by atoms with Gasteiger partial charge in [-0.25, -0.2) is 0 Å². The number of nitrogens with zero attached hydrogens (tertiary/aromatic N) is 1. The Hall–Kier alpha value is -2.04. The van der Waals surface area contributed by atoms with Crippen molar-refractivity contribution in [2.45, 2.75) is 25.2 Å². The van der Waals surface area contributed by atoms with E-state index in [0.29, 0.717) is 25.4 Å². The zero-order valence-electron chi connectivity index (χ0n) is 12.7. The molecule has 3 rings (SSSR count). The van der Waals surface area contributed by atoms with E-state index in [4.69, 9.17) is 9.84 Å². The van der Waals surface area contributed by atoms with Crippen LogP contribution in [-0.2, 0) is 9.59 Å². The minimum atomic E-state index is -0.843. The molecule has 1 aromatic carbocycles. The lowest BCUT2D eigenvalue weighted by molar-refractivity contribution is -0.142. The van der Waals surface area contributed by atoms with Crippen LogP contribution >= 0.6 is 0 Å². The summed E-state index contributed by atoms with van der Waals surface area (Å²) in [4.78, 5) is 25.0. The highest BCUT2D eigenvalue weighted by Gasteiger charge is 2.50. The molecular formula is C17H21NO4. The average molecular weight is 303 g/mol. The maximum Gasteiger partial charge on any atom is 0.307 e. The smallest absolute Gasteiger partial charge is 0.307 e. The van der Waals surface area contributed by atoms with Crippen molar-refractivity contribution in [3.05, 3.63) is 29.8 Å². The number of carboxylic acid groups (broad SMARTS) is 1. The molecule has 0 aromatic heterocycles. The van der Waals surface area contributed by atoms with Gasteiger partial charge in [0.1, 0.15) is 5.75 Å². The Balaban J connectivity index is 1.56. The third-order valence-electron chi connectivity index (χ3n) is 4.80. The monoisotopic (exact) mass is 303 g/mol. The van der Waals surface area contributed by atoms with E-state index in [1.807, 2.05) is 17.0 Å². The molecule has 1 saturated heterocycles. The predicted molar refractivity (Wildman–Crippen MR) is 80.8 cm³/mol. The molecule has 2 fully saturated rings. The molecule has 0 radical (unpaired) electrons. The summed E-state index contributed by atoms with van der Waals surface area (Å²) >= 11 is 0. The molecule has 1 saturated carbocycles. The fourth-order valence-electron chi connectivity index (χ4n) is 3.30. The Kier molecular flexibility index (Phi) is 4.05. The molecule has 0 spiro atoms. The summed E-state index contributed by atoms with van der Waals surface area (Å²) in [6.45, 7) is 1.42. The van der Waals surface area contributed by atoms with Gasteiger partial charge < -0.3 is 14.7 Å². The summed E-state index contributed by atoms with van der Waals surface area (Å²) in [6.07, 6.45) is 2.34. The molecule has 5 heteroatoms. The molecular weight excluding hydrogens is 282 g/mol. The summed E-state index contributed by atoms with van der Waals surface area (Å²) < 4.78 is 5.26. The number of amides is 1. The van der Waals surface area contributed by atoms with E-state index < -0.39 is 11.9 Å². The minimum Gasteiger partial charge on any atom is -0.497 e. The van der Waals surface area contributed by atoms with Crippen LogP contribution in [0.4, 0.5) is 0 Å². The average Bonchev–Trinajstić information content (AvgIpc) is 3.35. The molecule has 1 heterocycles. The molecule has 118 valence electrons. The molecule has 0 bridgehead atoms. The molecule has 2 atom stereocenters. The largest absolute Gasteiger partial charge is 0.497 e. The lowest BCUT2D eigenvalue weighted by Gasteiger charge is -2.32. The van der Waals surface area contributed by atoms with Crippen LogP contribution in [0, 0.1) is 11.8 Å². The number of carbonyl (C=O) groups is 2. The molecule has 1 N–H and O–H groups in total. The van der Waals surface area contributed by atoms with Crippen molar-refractivity contribution in [3.63, 3.8) is 0 Å². The summed E-state index contributed by atoms with van der Waals surface area (Å²) in [6, 6.07) is 8.09. The highest BCUT2D eigenvalue weighted by atomic mass is 16.5. The van der Waals surface area contributed by atoms with E-state index in [9.17, 15) is 9.59 Å². The topological polar surface area (TPSA) is 66.8 Å². The summed E-state index contributed by atoms with van der Waals surface area (Å²) in [7, 11) is 1.66. The summed E-state index contributed by atoms with van der Waals surface area (Å²) in [5.41, 5.74) is 1.25. The van der Waals surface area contributed by atoms with Crippen LogP contribution in [0.1, 0.15) is 30.7 Å². The molecule has 1 aromatic rings. The quantitative estimate of drug-likeness (QED) is 0.925. The van der Waals surface area contributed by atoms with Gasteiger partial charge in [0.15, 0.2) is 0 Å². The lowest BCUT2D eigenvalue weighted by atomic mass is 9.89. The molecule has 0 unspecified atom stereocenters. The third kappa shape index (κ3) is 2.93. The van der Waals surface area contributed by atoms with Crippen molar-refractivity contribution < 1.29 is 19.4 Å². The van der Waals surface area contributed by atoms with Crippen molar-refractivity contribution in [1.82, 2.24) is 4.90 Å². The van der Waals surface area contributed by atoms with Crippen molar-refractivity contribution in [1.29, 1.82) is 0 Å². The van der Waals surface area contributed by atoms with E-state index in [0.717, 1.165) is 18.6 Å². The number of likely N-dealkylation sites (tertiary alicyclic amines) is 1. The first-order valence-electron chi connectivity index (χ1n) is 7.75. The van der Waals surface area contributed by atoms with Crippen molar-refractivity contribution >= 4 is 11.9 Å². The van der Waals surface area contributed by atoms with Crippen LogP contribution < -0.4 is 4.74 Å². The zero-order valence-corrected chi connectivity index (χ0v) is 12.7. The maximum atomic E-state index is 12.3. The highest BCUT2D eigenvalue weighted by molar-refractivity contribution is 5.89. The van der Waals surface area contributed by atoms with Crippen LogP contribution in [0.3, 0.4) is 0 Å². The van der Waals surface area contributed by atoms with Gasteiger partial charge >= 0.3 is 5.97 Å². The Morgan fingerprint density at radius 1 is 1.23 bits per heavy atom. The normalized spacial score (nSPS) is 24.9. The second-order valence-electron chi connectivity index (χ2n) is 6.16. The standard InChI is InChI=1S/C17H21NO4/c1-22-13-4-2-3-12(9-13)11-5-7-18(8-6-11)16(19)14-10-15(14)17(20)21/h2-4,9,11,14-15H,5-8,10H2,1H3,(H,20,21)/t14-,15+/m1/s1. The number of carboxylic acids is 1. The van der Waals surface area contributed by atoms with Crippen molar-refractivity contribution in [2.75, 3.05) is 20.2 Å². The summed E-state index contributed by atoms with van der Waals surface area (Å²) in [5.74, 6) is -0.262. The van der Waals surface area contributed by atoms with Gasteiger partial charge in [-0.05, 0) is 42.9 Å². The fraction of sp³-hybridized carbons (Fsp3) is 0.529. The number of rotatable bonds is 4. The van der Waals surface area contributed by atoms with Crippen molar-refractivity contribution in [2.24, 2.45) is 11.8 Å². The molecule has 1 aliphatic heterocycles. The van der Waals surface area contributed by atoms with Gasteiger partial charge in [0.2, 0.25) is 5.91 Å². The number of carbonyl (C=O) groups excluding carboxylic acids is 1. The number of methoxy groups -OCH3 is 1. The second-order valence-corrected chi connectivity index (χ2v) is 6.16. The minimum absolute atomic E-state index is 0.0245. The Morgan fingerprint density at radius 3 is 2.55 bits per heavy atom. The molecule has 1 amide bonds. The van der Waals surface area contributed by atoms with Crippen LogP contribution in [0.25, 0.3) is 0 Å². The van der Waals surface area contributed by atoms with E-state index in [-0.39, 0.29) is 11.8 Å². The number of aliphatic carboxylic acids is 1. The maximum absolute atomic E-state index is 12.3. The number of hydrogen-bond acceptors (Lipinski definition) is 3. The predicted octanol–water partition coefficient (Wildman–Crippen LogP) is 2.12. The molecule has 22 heavy (non-hydrogen) atoms. The third-order valence-corrected chi connectivity index (χ3v) is 4.80. The van der Waals surface area contributed by atoms with Crippen LogP contribution in [0.15, 0.2) is 24.3 Å². The van der Waals surface area contributed by atoms with Gasteiger partial charge in [-0.15, -0.1) is 0 Å². The van der Waals surface area contributed by atoms with Gasteiger partial charge in [-0.3, -0.25) is 9.59 Å². The van der Waals surface area contributed by atoms with Crippen LogP contribution in [-0.4, -0.2) is 42.1 Å². The first kappa shape index (κ1) is 14.9. The van der Waals surface area contributed by atoms with Gasteiger partial charge in [0.05, 0.1) is 18.9 Å². The van der Waals surface area contributed by atoms with Crippen LogP contribution in [0.2, 0.25) is 0 Å². The summed E-state index contributed by atoms with van der Waals surface area (Å²) in [5, 5.41) is 8.93. The molecule has 2 aliphatic rings. The van der Waals surface area contributed by atoms with Gasteiger partial charge in [0, 0.05) is 13.1 Å². The Bertz CT molecular complexity index is 578. The van der Waals surface area contributed by atoms with Gasteiger partial charge in [0.25, 0.3) is 0 Å². The first-order valence-corrected chi connectivity index (χ1v) is 7.75. The molecule has 5 nitrogen and oxygen atoms in total. The fourth-order valence-corrected chi connectivity index (χ4v) is 3.30. The lowest BCUT2D eigenvalue weighted by Crippen LogP contribution is -2.39. The first-order chi connectivity index (χ1) is 10.6. The zero-order chi connectivity index (χ0) is 15.7. The van der Waals surface area contributed by atoms with Gasteiger partial charge in [-0.2, -0.15) is 0 Å². The number of hydrogen-bond donors (Lipinski definition) is 1. The SMILES string of the molecule is COc1cccc(C2CCN(C(=O)[C@@H]3C[C@@H]3C(=O)O)CC2)c1. The highest BCUT2D eigenvalue weighted by Crippen LogP contribution is 2.41. The Morgan fingerprint density at radius 2 is 1.95 bits per heavy atom. The van der Waals surface area contributed by atoms with E-state index in [1.54, 1.807) is 7.11 Å². The second kappa shape index (κ2) is 5.99. The molecule has 1 aliphatic carbocycles. The van der Waals surface area contributed by atoms with E-state index in [1.165, 1.54) is 5.56 Å². The van der Waals surface area contributed by atoms with E-state index >= 15 is 0 Å². The number of benzene rings is 1. The van der Waals surface area contributed by atoms with Crippen LogP contribution in [0.5, 0.6) is 5.75 Å². The van der Waals surface area contributed by atoms with Gasteiger partial charge in [-0.1, -0.05) is 12.1 Å². The van der Waals surface area contributed by atoms with Crippen molar-refractivity contribution in [3.8, 4) is 5.75 Å². The Labute approximate surface area is 129 Å². The number of ether oxygens (including phenoxy) is 1. The number of piperidine rings is 1. The van der Waals surface area contributed by atoms with E-state index in [2.05, 4.69) is 12.1 Å².